The largest absolute Gasteiger partial charge is 0.508 e. The van der Waals surface area contributed by atoms with Crippen molar-refractivity contribution in [2.24, 2.45) is 0 Å². The lowest BCUT2D eigenvalue weighted by Gasteiger charge is -2.14. The Balaban J connectivity index is 2.66. The van der Waals surface area contributed by atoms with Crippen LogP contribution < -0.4 is 4.74 Å². The number of hydrogen-bond acceptors (Lipinski definition) is 8. The summed E-state index contributed by atoms with van der Waals surface area (Å²) in [6.45, 7) is 3.37. The molecular weight excluding hydrogens is 320 g/mol. The highest BCUT2D eigenvalue weighted by Gasteiger charge is 2.23. The summed E-state index contributed by atoms with van der Waals surface area (Å²) >= 11 is 0. The maximum Gasteiger partial charge on any atom is 0.352 e. The highest BCUT2D eigenvalue weighted by Crippen LogP contribution is 2.26. The monoisotopic (exact) mass is 338 g/mol. The van der Waals surface area contributed by atoms with Crippen LogP contribution in [-0.2, 0) is 23.9 Å². The number of rotatable bonds is 7. The van der Waals surface area contributed by atoms with Gasteiger partial charge in [-0.3, -0.25) is 0 Å². The number of phenolic OH excluding ortho intramolecular Hbond substituents is 2. The van der Waals surface area contributed by atoms with Gasteiger partial charge >= 0.3 is 17.9 Å². The lowest BCUT2D eigenvalue weighted by Crippen LogP contribution is -2.30. The van der Waals surface area contributed by atoms with Gasteiger partial charge in [-0.15, -0.1) is 0 Å². The van der Waals surface area contributed by atoms with E-state index in [1.807, 2.05) is 0 Å². The quantitative estimate of drug-likeness (QED) is 0.435. The van der Waals surface area contributed by atoms with Gasteiger partial charge in [0.15, 0.2) is 6.10 Å². The van der Waals surface area contributed by atoms with Gasteiger partial charge in [0.05, 0.1) is 6.61 Å². The van der Waals surface area contributed by atoms with Crippen LogP contribution >= 0.6 is 0 Å². The Labute approximate surface area is 138 Å². The SMILES string of the molecule is CCOC(=O)/C=C\C(=O)OC(CC)C(=O)Oc1cc(O)cc(O)c1. The average Bonchev–Trinajstić information content (AvgIpc) is 2.49. The second-order valence-corrected chi connectivity index (χ2v) is 4.53. The van der Waals surface area contributed by atoms with Crippen molar-refractivity contribution in [2.45, 2.75) is 26.4 Å². The first kappa shape index (κ1) is 19.0. The molecule has 0 radical (unpaired) electrons. The number of esters is 3. The average molecular weight is 338 g/mol. The molecule has 130 valence electrons. The highest BCUT2D eigenvalue weighted by atomic mass is 16.6. The summed E-state index contributed by atoms with van der Waals surface area (Å²) in [5, 5.41) is 18.6. The van der Waals surface area contributed by atoms with Gasteiger partial charge in [-0.05, 0) is 13.3 Å². The highest BCUT2D eigenvalue weighted by molar-refractivity contribution is 5.92. The molecule has 0 aliphatic rings. The van der Waals surface area contributed by atoms with E-state index in [-0.39, 0.29) is 30.3 Å². The summed E-state index contributed by atoms with van der Waals surface area (Å²) < 4.78 is 14.4. The van der Waals surface area contributed by atoms with Crippen LogP contribution in [0.5, 0.6) is 17.2 Å². The van der Waals surface area contributed by atoms with Gasteiger partial charge in [0, 0.05) is 30.4 Å². The van der Waals surface area contributed by atoms with Crippen molar-refractivity contribution in [3.63, 3.8) is 0 Å². The molecule has 0 amide bonds. The van der Waals surface area contributed by atoms with Gasteiger partial charge in [-0.2, -0.15) is 0 Å². The smallest absolute Gasteiger partial charge is 0.352 e. The number of aromatic hydroxyl groups is 2. The fraction of sp³-hybridized carbons (Fsp3) is 0.312. The number of carbonyl (C=O) groups excluding carboxylic acids is 3. The van der Waals surface area contributed by atoms with E-state index < -0.39 is 24.0 Å². The summed E-state index contributed by atoms with van der Waals surface area (Å²) in [6, 6.07) is 3.30. The summed E-state index contributed by atoms with van der Waals surface area (Å²) in [6.07, 6.45) is 0.641. The van der Waals surface area contributed by atoms with E-state index in [2.05, 4.69) is 4.74 Å². The van der Waals surface area contributed by atoms with Gasteiger partial charge < -0.3 is 24.4 Å². The lowest BCUT2D eigenvalue weighted by atomic mass is 10.2. The zero-order valence-electron chi connectivity index (χ0n) is 13.2. The van der Waals surface area contributed by atoms with Crippen LogP contribution in [0.2, 0.25) is 0 Å². The molecule has 0 spiro atoms. The molecule has 8 heteroatoms. The van der Waals surface area contributed by atoms with E-state index in [1.54, 1.807) is 13.8 Å². The van der Waals surface area contributed by atoms with E-state index in [9.17, 15) is 24.6 Å². The molecule has 0 heterocycles. The van der Waals surface area contributed by atoms with Crippen LogP contribution in [-0.4, -0.2) is 40.8 Å². The van der Waals surface area contributed by atoms with Crippen molar-refractivity contribution in [2.75, 3.05) is 6.61 Å². The van der Waals surface area contributed by atoms with Gasteiger partial charge in [0.25, 0.3) is 0 Å². The summed E-state index contributed by atoms with van der Waals surface area (Å²) in [7, 11) is 0. The maximum absolute atomic E-state index is 12.0. The van der Waals surface area contributed by atoms with Crippen LogP contribution in [0.3, 0.4) is 0 Å². The summed E-state index contributed by atoms with van der Waals surface area (Å²) in [5.41, 5.74) is 0. The molecule has 24 heavy (non-hydrogen) atoms. The number of phenols is 2. The summed E-state index contributed by atoms with van der Waals surface area (Å²) in [4.78, 5) is 34.6. The normalized spacial score (nSPS) is 11.8. The molecule has 1 atom stereocenters. The Morgan fingerprint density at radius 2 is 1.62 bits per heavy atom. The van der Waals surface area contributed by atoms with Gasteiger partial charge in [0.2, 0.25) is 0 Å². The molecule has 1 rings (SSSR count). The minimum absolute atomic E-state index is 0.103. The molecule has 8 nitrogen and oxygen atoms in total. The second kappa shape index (κ2) is 9.19. The first-order valence-electron chi connectivity index (χ1n) is 7.15. The van der Waals surface area contributed by atoms with E-state index >= 15 is 0 Å². The number of benzene rings is 1. The molecule has 0 aliphatic carbocycles. The molecule has 0 fully saturated rings. The van der Waals surface area contributed by atoms with E-state index in [0.717, 1.165) is 30.4 Å². The molecule has 0 saturated heterocycles. The topological polar surface area (TPSA) is 119 Å². The first-order valence-corrected chi connectivity index (χ1v) is 7.15. The summed E-state index contributed by atoms with van der Waals surface area (Å²) in [5.74, 6) is -3.19. The molecule has 1 aromatic rings. The van der Waals surface area contributed by atoms with Crippen molar-refractivity contribution in [3.05, 3.63) is 30.4 Å². The molecule has 0 saturated carbocycles. The van der Waals surface area contributed by atoms with Crippen LogP contribution in [0.1, 0.15) is 20.3 Å². The van der Waals surface area contributed by atoms with Crippen molar-refractivity contribution < 1.29 is 38.8 Å². The lowest BCUT2D eigenvalue weighted by molar-refractivity contribution is -0.159. The van der Waals surface area contributed by atoms with Crippen molar-refractivity contribution in [3.8, 4) is 17.2 Å². The number of carbonyl (C=O) groups is 3. The van der Waals surface area contributed by atoms with Crippen LogP contribution in [0.4, 0.5) is 0 Å². The predicted molar refractivity (Wildman–Crippen MR) is 81.4 cm³/mol. The Bertz CT molecular complexity index is 615. The molecule has 1 aromatic carbocycles. The molecule has 0 aromatic heterocycles. The van der Waals surface area contributed by atoms with Crippen molar-refractivity contribution in [1.29, 1.82) is 0 Å². The Morgan fingerprint density at radius 3 is 2.17 bits per heavy atom. The molecular formula is C16H18O8. The first-order chi connectivity index (χ1) is 11.3. The molecule has 0 bridgehead atoms. The van der Waals surface area contributed by atoms with Gasteiger partial charge in [0.1, 0.15) is 17.2 Å². The zero-order valence-corrected chi connectivity index (χ0v) is 13.2. The van der Waals surface area contributed by atoms with E-state index in [0.29, 0.717) is 0 Å². The Morgan fingerprint density at radius 1 is 1.04 bits per heavy atom. The predicted octanol–water partition coefficient (Wildman–Crippen LogP) is 1.44. The molecule has 1 unspecified atom stereocenters. The van der Waals surface area contributed by atoms with Crippen LogP contribution in [0, 0.1) is 0 Å². The minimum Gasteiger partial charge on any atom is -0.508 e. The van der Waals surface area contributed by atoms with Crippen LogP contribution in [0.15, 0.2) is 30.4 Å². The van der Waals surface area contributed by atoms with Crippen LogP contribution in [0.25, 0.3) is 0 Å². The third kappa shape index (κ3) is 6.39. The molecule has 0 aliphatic heterocycles. The second-order valence-electron chi connectivity index (χ2n) is 4.53. The fourth-order valence-electron chi connectivity index (χ4n) is 1.61. The minimum atomic E-state index is -1.21. The Hall–Kier alpha value is -3.03. The maximum atomic E-state index is 12.0. The van der Waals surface area contributed by atoms with Crippen molar-refractivity contribution in [1.82, 2.24) is 0 Å². The third-order valence-electron chi connectivity index (χ3n) is 2.63. The molecule has 2 N–H and O–H groups in total. The van der Waals surface area contributed by atoms with Crippen molar-refractivity contribution >= 4 is 17.9 Å². The zero-order chi connectivity index (χ0) is 18.1. The third-order valence-corrected chi connectivity index (χ3v) is 2.63. The standard InChI is InChI=1S/C16H18O8/c1-3-13(24-15(20)6-5-14(19)22-4-2)16(21)23-12-8-10(17)7-11(18)9-12/h5-9,13,17-18H,3-4H2,1-2H3/b6-5-. The van der Waals surface area contributed by atoms with Gasteiger partial charge in [-0.1, -0.05) is 6.92 Å². The van der Waals surface area contributed by atoms with E-state index in [4.69, 9.17) is 9.47 Å². The van der Waals surface area contributed by atoms with Gasteiger partial charge in [-0.25, -0.2) is 14.4 Å². The number of hydrogen-bond donors (Lipinski definition) is 2. The fourth-order valence-corrected chi connectivity index (χ4v) is 1.61. The Kier molecular flexibility index (Phi) is 7.28. The van der Waals surface area contributed by atoms with E-state index in [1.165, 1.54) is 0 Å². The number of ether oxygens (including phenoxy) is 3.